The molecular formula is C26H43IN3O4-. The minimum absolute atomic E-state index is 0.0695. The average Bonchev–Trinajstić information content (AvgIpc) is 2.76. The van der Waals surface area contributed by atoms with Gasteiger partial charge in [-0.3, -0.25) is 14.8 Å². The maximum absolute atomic E-state index is 12.6. The standard InChI is InChI=1S/C24H37N3O4.C2H6I/c1-8-10-11-25-18(9-2)14-19(23(31-7)27-24(5,6)15-28)26-17(4)22-20(29)12-16(3)13-21(22)30;1-3-2/h9,11,15-16,19,29H,8,10,12-14H2,1-7H3;1-2H3/q;-1/b18-9-,25-11?,26-17?,27-23?;. The van der Waals surface area contributed by atoms with Crippen LogP contribution in [0, 0.1) is 5.92 Å². The monoisotopic (exact) mass is 588 g/mol. The molecule has 0 spiro atoms. The van der Waals surface area contributed by atoms with Gasteiger partial charge in [-0.05, 0) is 40.0 Å². The Hall–Kier alpha value is -1.84. The molecule has 0 heterocycles. The number of carbonyl (C=O) groups is 2. The molecule has 1 rings (SSSR count). The molecule has 1 aliphatic rings. The zero-order valence-corrected chi connectivity index (χ0v) is 24.5. The molecule has 194 valence electrons. The first-order valence-corrected chi connectivity index (χ1v) is 15.9. The molecule has 0 fully saturated rings. The van der Waals surface area contributed by atoms with Gasteiger partial charge in [0.25, 0.3) is 0 Å². The molecule has 0 radical (unpaired) electrons. The molecule has 7 nitrogen and oxygen atoms in total. The SMILES string of the molecule is C/C=C(/CC(N=C(C)C1=C(O)CC(C)CC1=O)C(=NC(C)(C)C=O)OC)N=CCCC.C[I-]C. The fourth-order valence-electron chi connectivity index (χ4n) is 3.30. The molecule has 34 heavy (non-hydrogen) atoms. The van der Waals surface area contributed by atoms with Gasteiger partial charge in [0.15, 0.2) is 5.78 Å². The number of allylic oxidation sites excluding steroid dienone is 3. The van der Waals surface area contributed by atoms with Crippen molar-refractivity contribution in [1.82, 2.24) is 0 Å². The van der Waals surface area contributed by atoms with Crippen molar-refractivity contribution in [3.05, 3.63) is 23.1 Å². The number of alkyl halides is 2. The third-order valence-corrected chi connectivity index (χ3v) is 4.95. The van der Waals surface area contributed by atoms with E-state index in [2.05, 4.69) is 26.8 Å². The van der Waals surface area contributed by atoms with E-state index in [1.807, 2.05) is 26.1 Å². The van der Waals surface area contributed by atoms with Gasteiger partial charge < -0.3 is 14.6 Å². The number of aldehydes is 1. The molecule has 1 aliphatic carbocycles. The van der Waals surface area contributed by atoms with E-state index in [1.165, 1.54) is 7.11 Å². The van der Waals surface area contributed by atoms with Crippen molar-refractivity contribution in [3.63, 3.8) is 0 Å². The topological polar surface area (TPSA) is 101 Å². The van der Waals surface area contributed by atoms with E-state index in [4.69, 9.17) is 9.73 Å². The van der Waals surface area contributed by atoms with Crippen LogP contribution in [0.15, 0.2) is 38.1 Å². The van der Waals surface area contributed by atoms with Crippen LogP contribution in [-0.2, 0) is 14.3 Å². The number of aliphatic imine (C=N–C) groups is 3. The molecule has 0 bridgehead atoms. The van der Waals surface area contributed by atoms with Crippen LogP contribution >= 0.6 is 0 Å². The Labute approximate surface area is 216 Å². The Morgan fingerprint density at radius 2 is 1.94 bits per heavy atom. The van der Waals surface area contributed by atoms with Crippen LogP contribution in [0.1, 0.15) is 73.6 Å². The maximum atomic E-state index is 12.6. The molecule has 2 unspecified atom stereocenters. The van der Waals surface area contributed by atoms with Gasteiger partial charge in [-0.15, -0.1) is 0 Å². The summed E-state index contributed by atoms with van der Waals surface area (Å²) in [5, 5.41) is 10.4. The number of ketones is 1. The van der Waals surface area contributed by atoms with Gasteiger partial charge in [0.1, 0.15) is 23.6 Å². The number of halogens is 1. The summed E-state index contributed by atoms with van der Waals surface area (Å²) < 4.78 is 5.52. The zero-order valence-electron chi connectivity index (χ0n) is 22.3. The number of Topliss-reactive ketones (excluding diaryl/α,β-unsaturated/α-hetero) is 1. The number of ether oxygens (including phenoxy) is 1. The number of rotatable bonds is 10. The number of aliphatic hydroxyl groups excluding tert-OH is 1. The predicted molar refractivity (Wildman–Crippen MR) is 138 cm³/mol. The van der Waals surface area contributed by atoms with Crippen LogP contribution in [0.2, 0.25) is 0 Å². The second kappa shape index (κ2) is 16.7. The Morgan fingerprint density at radius 3 is 2.41 bits per heavy atom. The quantitative estimate of drug-likeness (QED) is 0.139. The number of nitrogens with zero attached hydrogens (tertiary/aromatic N) is 3. The van der Waals surface area contributed by atoms with E-state index in [0.29, 0.717) is 46.2 Å². The summed E-state index contributed by atoms with van der Waals surface area (Å²) in [5.41, 5.74) is 0.516. The molecular weight excluding hydrogens is 545 g/mol. The third-order valence-electron chi connectivity index (χ3n) is 4.95. The number of methoxy groups -OCH3 is 1. The van der Waals surface area contributed by atoms with Crippen molar-refractivity contribution in [1.29, 1.82) is 0 Å². The molecule has 0 amide bonds. The van der Waals surface area contributed by atoms with Crippen LogP contribution in [0.25, 0.3) is 0 Å². The van der Waals surface area contributed by atoms with Crippen LogP contribution in [0.5, 0.6) is 0 Å². The number of hydrogen-bond acceptors (Lipinski definition) is 7. The van der Waals surface area contributed by atoms with Crippen molar-refractivity contribution in [2.24, 2.45) is 20.9 Å². The van der Waals surface area contributed by atoms with E-state index in [9.17, 15) is 14.7 Å². The molecule has 1 N–H and O–H groups in total. The number of aliphatic hydroxyl groups is 1. The van der Waals surface area contributed by atoms with Crippen molar-refractivity contribution >= 4 is 29.9 Å². The number of carbonyl (C=O) groups excluding carboxylic acids is 2. The van der Waals surface area contributed by atoms with E-state index >= 15 is 0 Å². The summed E-state index contributed by atoms with van der Waals surface area (Å²) in [4.78, 5) is 42.2. The van der Waals surface area contributed by atoms with Gasteiger partial charge in [0, 0.05) is 36.9 Å². The first-order chi connectivity index (χ1) is 16.0. The summed E-state index contributed by atoms with van der Waals surface area (Å²) in [6.07, 6.45) is 7.57. The Balaban J connectivity index is 0.00000343. The summed E-state index contributed by atoms with van der Waals surface area (Å²) >= 11 is 0.590. The zero-order chi connectivity index (χ0) is 26.3. The summed E-state index contributed by atoms with van der Waals surface area (Å²) in [5.74, 6) is 0.331. The van der Waals surface area contributed by atoms with Crippen molar-refractivity contribution < 1.29 is 40.6 Å². The van der Waals surface area contributed by atoms with Gasteiger partial charge in [-0.25, -0.2) is 4.99 Å². The van der Waals surface area contributed by atoms with Gasteiger partial charge in [0.2, 0.25) is 5.90 Å². The summed E-state index contributed by atoms with van der Waals surface area (Å²) in [7, 11) is 1.48. The second-order valence-electron chi connectivity index (χ2n) is 8.88. The van der Waals surface area contributed by atoms with Crippen molar-refractivity contribution in [3.8, 4) is 0 Å². The van der Waals surface area contributed by atoms with Crippen molar-refractivity contribution in [2.45, 2.75) is 85.2 Å². The second-order valence-corrected chi connectivity index (χ2v) is 11.0. The van der Waals surface area contributed by atoms with Gasteiger partial charge in [-0.2, -0.15) is 0 Å². The fraction of sp³-hybridized carbons (Fsp3) is 0.654. The first-order valence-electron chi connectivity index (χ1n) is 11.6. The van der Waals surface area contributed by atoms with Gasteiger partial charge in [0.05, 0.1) is 12.7 Å². The first kappa shape index (κ1) is 32.2. The van der Waals surface area contributed by atoms with Crippen LogP contribution in [-0.4, -0.2) is 63.6 Å². The third kappa shape index (κ3) is 11.5. The molecule has 0 aromatic heterocycles. The van der Waals surface area contributed by atoms with Crippen molar-refractivity contribution in [2.75, 3.05) is 17.0 Å². The van der Waals surface area contributed by atoms with E-state index in [-0.39, 0.29) is 28.9 Å². The normalized spacial score (nSPS) is 19.3. The fourth-order valence-corrected chi connectivity index (χ4v) is 3.30. The summed E-state index contributed by atoms with van der Waals surface area (Å²) in [6, 6.07) is -0.596. The molecule has 0 saturated carbocycles. The number of unbranched alkanes of at least 4 members (excludes halogenated alkanes) is 1. The Kier molecular flexibility index (Phi) is 15.8. The average molecular weight is 589 g/mol. The van der Waals surface area contributed by atoms with E-state index in [0.717, 1.165) is 24.8 Å². The molecule has 0 aromatic rings. The minimum atomic E-state index is -0.980. The number of hydrogen-bond donors (Lipinski definition) is 1. The predicted octanol–water partition coefficient (Wildman–Crippen LogP) is 2.15. The van der Waals surface area contributed by atoms with Gasteiger partial charge >= 0.3 is 31.1 Å². The van der Waals surface area contributed by atoms with E-state index < -0.39 is 11.6 Å². The Bertz CT molecular complexity index is 826. The Morgan fingerprint density at radius 1 is 1.32 bits per heavy atom. The molecule has 0 aromatic carbocycles. The van der Waals surface area contributed by atoms with Crippen LogP contribution in [0.3, 0.4) is 0 Å². The van der Waals surface area contributed by atoms with Crippen LogP contribution in [0.4, 0.5) is 0 Å². The van der Waals surface area contributed by atoms with Gasteiger partial charge in [-0.1, -0.05) is 26.3 Å². The molecule has 0 aliphatic heterocycles. The molecule has 8 heteroatoms. The van der Waals surface area contributed by atoms with E-state index in [1.54, 1.807) is 20.8 Å². The molecule has 0 saturated heterocycles. The molecule has 2 atom stereocenters. The summed E-state index contributed by atoms with van der Waals surface area (Å²) in [6.45, 7) is 11.0. The van der Waals surface area contributed by atoms with Crippen LogP contribution < -0.4 is 21.2 Å².